The summed E-state index contributed by atoms with van der Waals surface area (Å²) in [5.74, 6) is 2.48. The third-order valence-corrected chi connectivity index (χ3v) is 4.31. The molecular formula is C20H27N3O4S2. The highest BCUT2D eigenvalue weighted by molar-refractivity contribution is 7.80. The van der Waals surface area contributed by atoms with E-state index >= 15 is 0 Å². The van der Waals surface area contributed by atoms with Crippen molar-refractivity contribution in [3.8, 4) is 10.8 Å². The van der Waals surface area contributed by atoms with Gasteiger partial charge in [-0.3, -0.25) is 9.36 Å². The highest BCUT2D eigenvalue weighted by Crippen LogP contribution is 2.19. The van der Waals surface area contributed by atoms with Gasteiger partial charge in [0.1, 0.15) is 19.1 Å². The summed E-state index contributed by atoms with van der Waals surface area (Å²) < 4.78 is 17.8. The van der Waals surface area contributed by atoms with E-state index in [0.29, 0.717) is 39.9 Å². The Bertz CT molecular complexity index is 940. The van der Waals surface area contributed by atoms with Gasteiger partial charge >= 0.3 is 0 Å². The molecular weight excluding hydrogens is 410 g/mol. The molecule has 0 aliphatic heterocycles. The Hall–Kier alpha value is -2.10. The molecule has 0 saturated carbocycles. The SMILES string of the molecule is CC(C)C.COc1ccc2nc(COc3cncs3)n(COCCS)c(=O)c2c1. The summed E-state index contributed by atoms with van der Waals surface area (Å²) in [6.07, 6.45) is 1.62. The molecule has 1 aromatic carbocycles. The number of rotatable bonds is 8. The molecule has 2 aromatic heterocycles. The van der Waals surface area contributed by atoms with Gasteiger partial charge in [-0.15, -0.1) is 0 Å². The van der Waals surface area contributed by atoms with Gasteiger partial charge in [0.25, 0.3) is 5.56 Å². The van der Waals surface area contributed by atoms with Crippen LogP contribution >= 0.6 is 24.0 Å². The zero-order valence-corrected chi connectivity index (χ0v) is 18.8. The van der Waals surface area contributed by atoms with Crippen molar-refractivity contribution in [3.05, 3.63) is 46.1 Å². The highest BCUT2D eigenvalue weighted by atomic mass is 32.1. The van der Waals surface area contributed by atoms with Crippen molar-refractivity contribution in [1.29, 1.82) is 0 Å². The van der Waals surface area contributed by atoms with Crippen molar-refractivity contribution in [3.63, 3.8) is 0 Å². The van der Waals surface area contributed by atoms with Gasteiger partial charge in [-0.1, -0.05) is 32.1 Å². The zero-order valence-electron chi connectivity index (χ0n) is 17.1. The predicted octanol–water partition coefficient (Wildman–Crippen LogP) is 4.01. The van der Waals surface area contributed by atoms with Crippen molar-refractivity contribution >= 4 is 34.9 Å². The minimum atomic E-state index is -0.203. The summed E-state index contributed by atoms with van der Waals surface area (Å²) in [6, 6.07) is 5.20. The Balaban J connectivity index is 0.000000687. The first-order valence-electron chi connectivity index (χ1n) is 9.23. The Morgan fingerprint density at radius 1 is 1.28 bits per heavy atom. The van der Waals surface area contributed by atoms with Crippen LogP contribution in [0.3, 0.4) is 0 Å². The quantitative estimate of drug-likeness (QED) is 0.424. The third-order valence-electron chi connectivity index (χ3n) is 3.45. The van der Waals surface area contributed by atoms with Crippen molar-refractivity contribution in [2.75, 3.05) is 19.5 Å². The largest absolute Gasteiger partial charge is 0.497 e. The molecule has 0 radical (unpaired) electrons. The first-order valence-corrected chi connectivity index (χ1v) is 10.7. The molecule has 0 fully saturated rings. The molecule has 29 heavy (non-hydrogen) atoms. The highest BCUT2D eigenvalue weighted by Gasteiger charge is 2.13. The van der Waals surface area contributed by atoms with E-state index in [4.69, 9.17) is 14.2 Å². The molecule has 0 aliphatic carbocycles. The average molecular weight is 438 g/mol. The second kappa shape index (κ2) is 11.8. The number of nitrogens with zero attached hydrogens (tertiary/aromatic N) is 3. The van der Waals surface area contributed by atoms with Crippen molar-refractivity contribution in [2.24, 2.45) is 5.92 Å². The fourth-order valence-corrected chi connectivity index (χ4v) is 2.85. The maximum absolute atomic E-state index is 12.9. The van der Waals surface area contributed by atoms with Crippen LogP contribution in [0.25, 0.3) is 10.9 Å². The molecule has 7 nitrogen and oxygen atoms in total. The summed E-state index contributed by atoms with van der Waals surface area (Å²) in [6.45, 7) is 7.16. The first kappa shape index (κ1) is 23.2. The number of thiol groups is 1. The Kier molecular flexibility index (Phi) is 9.43. The normalized spacial score (nSPS) is 10.7. The number of hydrogen-bond donors (Lipinski definition) is 1. The van der Waals surface area contributed by atoms with Crippen molar-refractivity contribution in [1.82, 2.24) is 14.5 Å². The molecule has 3 rings (SSSR count). The van der Waals surface area contributed by atoms with Crippen LogP contribution in [0.1, 0.15) is 26.6 Å². The average Bonchev–Trinajstić information content (AvgIpc) is 3.21. The number of aromatic nitrogens is 3. The number of benzene rings is 1. The van der Waals surface area contributed by atoms with Crippen molar-refractivity contribution < 1.29 is 14.2 Å². The number of thiazole rings is 1. The predicted molar refractivity (Wildman–Crippen MR) is 119 cm³/mol. The Morgan fingerprint density at radius 2 is 2.03 bits per heavy atom. The van der Waals surface area contributed by atoms with Crippen LogP contribution in [0.5, 0.6) is 10.8 Å². The van der Waals surface area contributed by atoms with E-state index in [1.807, 2.05) is 0 Å². The smallest absolute Gasteiger partial charge is 0.263 e. The maximum Gasteiger partial charge on any atom is 0.263 e. The second-order valence-corrected chi connectivity index (χ2v) is 8.04. The summed E-state index contributed by atoms with van der Waals surface area (Å²) in [5.41, 5.74) is 2.06. The minimum absolute atomic E-state index is 0.0843. The maximum atomic E-state index is 12.9. The van der Waals surface area contributed by atoms with Crippen LogP contribution in [0.2, 0.25) is 0 Å². The van der Waals surface area contributed by atoms with E-state index in [9.17, 15) is 4.79 Å². The fraction of sp³-hybridized carbons (Fsp3) is 0.450. The lowest BCUT2D eigenvalue weighted by Crippen LogP contribution is -2.27. The van der Waals surface area contributed by atoms with Crippen LogP contribution in [0.15, 0.2) is 34.7 Å². The van der Waals surface area contributed by atoms with Gasteiger partial charge in [-0.25, -0.2) is 9.97 Å². The van der Waals surface area contributed by atoms with E-state index in [2.05, 4.69) is 43.4 Å². The molecule has 0 saturated heterocycles. The van der Waals surface area contributed by atoms with E-state index in [0.717, 1.165) is 5.92 Å². The molecule has 0 aliphatic rings. The molecule has 0 atom stereocenters. The van der Waals surface area contributed by atoms with Crippen LogP contribution in [-0.2, 0) is 18.1 Å². The van der Waals surface area contributed by atoms with Gasteiger partial charge in [0.2, 0.25) is 0 Å². The third kappa shape index (κ3) is 7.02. The lowest BCUT2D eigenvalue weighted by molar-refractivity contribution is 0.0821. The molecule has 158 valence electrons. The van der Waals surface area contributed by atoms with Crippen LogP contribution in [0, 0.1) is 5.92 Å². The van der Waals surface area contributed by atoms with Crippen LogP contribution in [0.4, 0.5) is 0 Å². The lowest BCUT2D eigenvalue weighted by Gasteiger charge is -2.14. The molecule has 3 aromatic rings. The topological polar surface area (TPSA) is 75.5 Å². The van der Waals surface area contributed by atoms with E-state index in [1.54, 1.807) is 37.0 Å². The number of methoxy groups -OCH3 is 1. The van der Waals surface area contributed by atoms with Crippen molar-refractivity contribution in [2.45, 2.75) is 34.1 Å². The summed E-state index contributed by atoms with van der Waals surface area (Å²) in [4.78, 5) is 21.4. The summed E-state index contributed by atoms with van der Waals surface area (Å²) in [5, 5.41) is 1.13. The molecule has 0 spiro atoms. The lowest BCUT2D eigenvalue weighted by atomic mass is 10.2. The standard InChI is InChI=1S/C16H17N3O4S2.C4H10/c1-21-11-2-3-13-12(6-11)16(20)19(10-22-4-5-24)14(18-13)8-23-15-7-17-9-25-15;1-4(2)3/h2-3,6-7,9,24H,4-5,8,10H2,1H3;4H,1-3H3. The summed E-state index contributed by atoms with van der Waals surface area (Å²) in [7, 11) is 1.56. The molecule has 0 amide bonds. The Labute approximate surface area is 180 Å². The second-order valence-electron chi connectivity index (χ2n) is 6.75. The molecule has 0 bridgehead atoms. The van der Waals surface area contributed by atoms with E-state index < -0.39 is 0 Å². The number of hydrogen-bond acceptors (Lipinski definition) is 8. The fourth-order valence-electron chi connectivity index (χ4n) is 2.25. The van der Waals surface area contributed by atoms with Crippen LogP contribution in [-0.4, -0.2) is 34.0 Å². The summed E-state index contributed by atoms with van der Waals surface area (Å²) >= 11 is 5.49. The Morgan fingerprint density at radius 3 is 2.66 bits per heavy atom. The molecule has 0 N–H and O–H groups in total. The number of fused-ring (bicyclic) bond motifs is 1. The minimum Gasteiger partial charge on any atom is -0.497 e. The van der Waals surface area contributed by atoms with Gasteiger partial charge < -0.3 is 14.2 Å². The first-order chi connectivity index (χ1) is 14.0. The monoisotopic (exact) mass is 437 g/mol. The van der Waals surface area contributed by atoms with Gasteiger partial charge in [0.05, 0.1) is 36.3 Å². The van der Waals surface area contributed by atoms with Crippen LogP contribution < -0.4 is 15.0 Å². The van der Waals surface area contributed by atoms with Gasteiger partial charge in [0.15, 0.2) is 10.9 Å². The molecule has 0 unspecified atom stereocenters. The zero-order chi connectivity index (χ0) is 21.2. The number of ether oxygens (including phenoxy) is 3. The van der Waals surface area contributed by atoms with E-state index in [1.165, 1.54) is 15.9 Å². The van der Waals surface area contributed by atoms with E-state index in [-0.39, 0.29) is 18.9 Å². The molecule has 9 heteroatoms. The van der Waals surface area contributed by atoms with Gasteiger partial charge in [0, 0.05) is 5.75 Å². The molecule has 2 heterocycles. The van der Waals surface area contributed by atoms with Gasteiger partial charge in [-0.2, -0.15) is 12.6 Å². The van der Waals surface area contributed by atoms with Gasteiger partial charge in [-0.05, 0) is 24.1 Å².